The van der Waals surface area contributed by atoms with Crippen LogP contribution in [-0.2, 0) is 0 Å². The average Bonchev–Trinajstić information content (AvgIpc) is 3.24. The number of nitrogens with zero attached hydrogens (tertiary/aromatic N) is 4. The van der Waals surface area contributed by atoms with Gasteiger partial charge < -0.3 is 4.74 Å². The zero-order valence-corrected chi connectivity index (χ0v) is 15.2. The number of thiazole rings is 1. The molecule has 1 N–H and O–H groups in total. The second kappa shape index (κ2) is 6.76. The van der Waals surface area contributed by atoms with Gasteiger partial charge in [0.2, 0.25) is 5.82 Å². The molecule has 4 rings (SSSR count). The number of hydrogen-bond donors (Lipinski definition) is 1. The monoisotopic (exact) mass is 383 g/mol. The van der Waals surface area contributed by atoms with Crippen molar-refractivity contribution in [2.24, 2.45) is 0 Å². The maximum absolute atomic E-state index is 13.1. The Hall–Kier alpha value is -3.33. The molecule has 27 heavy (non-hydrogen) atoms. The van der Waals surface area contributed by atoms with Gasteiger partial charge in [-0.25, -0.2) is 19.0 Å². The van der Waals surface area contributed by atoms with Crippen LogP contribution >= 0.6 is 11.3 Å². The summed E-state index contributed by atoms with van der Waals surface area (Å²) in [6.07, 6.45) is 0. The summed E-state index contributed by atoms with van der Waals surface area (Å²) < 4.78 is 20.7. The highest BCUT2D eigenvalue weighted by Crippen LogP contribution is 2.29. The Morgan fingerprint density at radius 2 is 1.96 bits per heavy atom. The van der Waals surface area contributed by atoms with E-state index in [9.17, 15) is 9.18 Å². The molecule has 0 aliphatic rings. The van der Waals surface area contributed by atoms with E-state index in [4.69, 9.17) is 4.74 Å². The van der Waals surface area contributed by atoms with Crippen molar-refractivity contribution in [2.75, 3.05) is 12.4 Å². The van der Waals surface area contributed by atoms with Gasteiger partial charge in [-0.2, -0.15) is 0 Å². The van der Waals surface area contributed by atoms with Crippen LogP contribution in [0.15, 0.2) is 42.5 Å². The van der Waals surface area contributed by atoms with Crippen molar-refractivity contribution in [2.45, 2.75) is 6.92 Å². The molecule has 0 radical (unpaired) electrons. The quantitative estimate of drug-likeness (QED) is 0.582. The van der Waals surface area contributed by atoms with Gasteiger partial charge in [0.1, 0.15) is 17.4 Å². The number of rotatable bonds is 4. The lowest BCUT2D eigenvalue weighted by Crippen LogP contribution is -2.14. The largest absolute Gasteiger partial charge is 0.497 e. The fraction of sp³-hybridized carbons (Fsp3) is 0.111. The topological polar surface area (TPSA) is 81.9 Å². The van der Waals surface area contributed by atoms with Crippen molar-refractivity contribution in [3.8, 4) is 11.4 Å². The summed E-state index contributed by atoms with van der Waals surface area (Å²) in [5.41, 5.74) is 1.38. The Morgan fingerprint density at radius 3 is 2.70 bits per heavy atom. The summed E-state index contributed by atoms with van der Waals surface area (Å²) in [5, 5.41) is 7.37. The lowest BCUT2D eigenvalue weighted by molar-refractivity contribution is 0.101. The Morgan fingerprint density at radius 1 is 1.19 bits per heavy atom. The summed E-state index contributed by atoms with van der Waals surface area (Å²) in [6.45, 7) is 1.72. The van der Waals surface area contributed by atoms with Crippen molar-refractivity contribution in [1.29, 1.82) is 0 Å². The van der Waals surface area contributed by atoms with Gasteiger partial charge in [0.15, 0.2) is 5.13 Å². The molecule has 7 nitrogen and oxygen atoms in total. The number of benzene rings is 2. The first-order valence-electron chi connectivity index (χ1n) is 7.99. The van der Waals surface area contributed by atoms with E-state index in [1.54, 1.807) is 26.2 Å². The highest BCUT2D eigenvalue weighted by atomic mass is 32.1. The third kappa shape index (κ3) is 3.36. The third-order valence-electron chi connectivity index (χ3n) is 3.86. The van der Waals surface area contributed by atoms with Crippen molar-refractivity contribution in [1.82, 2.24) is 19.7 Å². The van der Waals surface area contributed by atoms with E-state index in [1.165, 1.54) is 28.2 Å². The number of ether oxygens (including phenoxy) is 1. The second-order valence-electron chi connectivity index (χ2n) is 5.68. The summed E-state index contributed by atoms with van der Waals surface area (Å²) in [4.78, 5) is 21.1. The van der Waals surface area contributed by atoms with Gasteiger partial charge >= 0.3 is 0 Å². The molecule has 2 aromatic carbocycles. The predicted octanol–water partition coefficient (Wildman–Crippen LogP) is 3.59. The van der Waals surface area contributed by atoms with Crippen LogP contribution in [0.2, 0.25) is 0 Å². The number of carbonyl (C=O) groups excluding carboxylic acids is 1. The minimum Gasteiger partial charge on any atom is -0.497 e. The van der Waals surface area contributed by atoms with Gasteiger partial charge in [0.25, 0.3) is 5.91 Å². The van der Waals surface area contributed by atoms with Crippen molar-refractivity contribution >= 4 is 32.6 Å². The van der Waals surface area contributed by atoms with E-state index in [2.05, 4.69) is 20.4 Å². The van der Waals surface area contributed by atoms with Gasteiger partial charge in [-0.15, -0.1) is 5.10 Å². The van der Waals surface area contributed by atoms with E-state index in [0.717, 1.165) is 16.0 Å². The lowest BCUT2D eigenvalue weighted by Gasteiger charge is -2.01. The molecular weight excluding hydrogens is 369 g/mol. The molecule has 0 aliphatic heterocycles. The Labute approximate surface area is 157 Å². The van der Waals surface area contributed by atoms with Gasteiger partial charge in [0.05, 0.1) is 23.0 Å². The highest BCUT2D eigenvalue weighted by Gasteiger charge is 2.17. The van der Waals surface area contributed by atoms with E-state index >= 15 is 0 Å². The Bertz CT molecular complexity index is 1140. The standard InChI is InChI=1S/C18H14FN5O2S/c1-10-20-16(23-24(10)12-5-3-11(19)4-6-12)17(25)22-18-21-14-8-7-13(26-2)9-15(14)27-18/h3-9H,1-2H3,(H,21,22,25). The predicted molar refractivity (Wildman–Crippen MR) is 100 cm³/mol. The lowest BCUT2D eigenvalue weighted by atomic mass is 10.3. The molecule has 4 aromatic rings. The molecule has 9 heteroatoms. The van der Waals surface area contributed by atoms with E-state index in [-0.39, 0.29) is 11.6 Å². The van der Waals surface area contributed by atoms with E-state index in [0.29, 0.717) is 16.6 Å². The molecule has 0 fully saturated rings. The molecule has 0 saturated carbocycles. The Kier molecular flexibility index (Phi) is 4.28. The summed E-state index contributed by atoms with van der Waals surface area (Å²) in [6, 6.07) is 11.3. The molecule has 0 spiro atoms. The van der Waals surface area contributed by atoms with Crippen LogP contribution in [0.25, 0.3) is 15.9 Å². The first kappa shape index (κ1) is 17.1. The summed E-state index contributed by atoms with van der Waals surface area (Å²) >= 11 is 1.33. The van der Waals surface area contributed by atoms with Crippen LogP contribution < -0.4 is 10.1 Å². The molecule has 2 heterocycles. The number of aromatic nitrogens is 4. The van der Waals surface area contributed by atoms with Gasteiger partial charge in [-0.3, -0.25) is 10.1 Å². The minimum atomic E-state index is -0.468. The molecule has 0 atom stereocenters. The molecule has 136 valence electrons. The highest BCUT2D eigenvalue weighted by molar-refractivity contribution is 7.22. The zero-order valence-electron chi connectivity index (χ0n) is 14.4. The van der Waals surface area contributed by atoms with Gasteiger partial charge in [-0.1, -0.05) is 11.3 Å². The summed E-state index contributed by atoms with van der Waals surface area (Å²) in [5.74, 6) is 0.431. The normalized spacial score (nSPS) is 10.9. The Balaban J connectivity index is 1.58. The van der Waals surface area contributed by atoms with E-state index in [1.807, 2.05) is 18.2 Å². The second-order valence-corrected chi connectivity index (χ2v) is 6.71. The van der Waals surface area contributed by atoms with Crippen LogP contribution in [0.1, 0.15) is 16.4 Å². The molecule has 0 unspecified atom stereocenters. The minimum absolute atomic E-state index is 0.00802. The number of fused-ring (bicyclic) bond motifs is 1. The SMILES string of the molecule is COc1ccc2nc(NC(=O)c3nc(C)n(-c4ccc(F)cc4)n3)sc2c1. The van der Waals surface area contributed by atoms with Crippen LogP contribution in [0.5, 0.6) is 5.75 Å². The first-order valence-corrected chi connectivity index (χ1v) is 8.80. The maximum atomic E-state index is 13.1. The van der Waals surface area contributed by atoms with Gasteiger partial charge in [0, 0.05) is 0 Å². The maximum Gasteiger partial charge on any atom is 0.297 e. The first-order chi connectivity index (χ1) is 13.0. The molecule has 0 aliphatic carbocycles. The van der Waals surface area contributed by atoms with Crippen LogP contribution in [0.3, 0.4) is 0 Å². The van der Waals surface area contributed by atoms with Crippen LogP contribution in [-0.4, -0.2) is 32.8 Å². The van der Waals surface area contributed by atoms with Gasteiger partial charge in [-0.05, 0) is 49.4 Å². The van der Waals surface area contributed by atoms with E-state index < -0.39 is 5.91 Å². The summed E-state index contributed by atoms with van der Waals surface area (Å²) in [7, 11) is 1.59. The third-order valence-corrected chi connectivity index (χ3v) is 4.79. The fourth-order valence-electron chi connectivity index (χ4n) is 2.55. The van der Waals surface area contributed by atoms with Crippen LogP contribution in [0.4, 0.5) is 9.52 Å². The molecule has 2 aromatic heterocycles. The number of halogens is 1. The van der Waals surface area contributed by atoms with Crippen molar-refractivity contribution < 1.29 is 13.9 Å². The number of aryl methyl sites for hydroxylation is 1. The van der Waals surface area contributed by atoms with Crippen LogP contribution in [0, 0.1) is 12.7 Å². The molecule has 0 bridgehead atoms. The average molecular weight is 383 g/mol. The number of amides is 1. The van der Waals surface area contributed by atoms with Crippen molar-refractivity contribution in [3.63, 3.8) is 0 Å². The number of carbonyl (C=O) groups is 1. The van der Waals surface area contributed by atoms with Crippen molar-refractivity contribution in [3.05, 3.63) is 59.9 Å². The number of anilines is 1. The number of methoxy groups -OCH3 is 1. The smallest absolute Gasteiger partial charge is 0.297 e. The molecule has 1 amide bonds. The zero-order chi connectivity index (χ0) is 19.0. The molecule has 0 saturated heterocycles. The fourth-order valence-corrected chi connectivity index (χ4v) is 3.44. The number of hydrogen-bond acceptors (Lipinski definition) is 6. The molecular formula is C18H14FN5O2S. The number of nitrogens with one attached hydrogen (secondary N) is 1.